The number of carbonyl (C=O) groups excluding carboxylic acids is 2. The molecule has 0 aliphatic rings. The number of benzene rings is 2. The normalized spacial score (nSPS) is 10.7. The number of fused-ring (bicyclic) bond motifs is 1. The first-order chi connectivity index (χ1) is 18.8. The molecule has 4 aromatic rings. The van der Waals surface area contributed by atoms with Crippen LogP contribution in [0.15, 0.2) is 54.7 Å². The maximum Gasteiger partial charge on any atom is 0.490 e. The molecular weight excluding hydrogens is 503 g/mol. The van der Waals surface area contributed by atoms with E-state index in [1.165, 1.54) is 7.11 Å². The van der Waals surface area contributed by atoms with Crippen molar-refractivity contribution in [3.05, 3.63) is 71.5 Å². The third-order valence-electron chi connectivity index (χ3n) is 5.75. The van der Waals surface area contributed by atoms with Gasteiger partial charge in [-0.2, -0.15) is 9.97 Å². The molecule has 0 aliphatic carbocycles. The van der Waals surface area contributed by atoms with Crippen molar-refractivity contribution in [1.82, 2.24) is 25.3 Å². The highest BCUT2D eigenvalue weighted by Crippen LogP contribution is 2.20. The lowest BCUT2D eigenvalue weighted by atomic mass is 9.79. The number of nitrogen functional groups attached to an aromatic ring is 1. The Bertz CT molecular complexity index is 1470. The van der Waals surface area contributed by atoms with E-state index in [0.29, 0.717) is 28.8 Å². The fraction of sp³-hybridized carbons (Fsp3) is 0.200. The zero-order valence-electron chi connectivity index (χ0n) is 21.6. The quantitative estimate of drug-likeness (QED) is 0.228. The molecule has 0 atom stereocenters. The van der Waals surface area contributed by atoms with E-state index in [1.54, 1.807) is 49.6 Å². The van der Waals surface area contributed by atoms with Crippen molar-refractivity contribution in [3.8, 4) is 0 Å². The lowest BCUT2D eigenvalue weighted by Gasteiger charge is -2.19. The van der Waals surface area contributed by atoms with Gasteiger partial charge in [-0.3, -0.25) is 10.1 Å². The van der Waals surface area contributed by atoms with Gasteiger partial charge in [0.05, 0.1) is 18.4 Å². The highest BCUT2D eigenvalue weighted by atomic mass is 16.5. The molecule has 0 spiro atoms. The Balaban J connectivity index is 1.45. The van der Waals surface area contributed by atoms with Crippen LogP contribution in [0.4, 0.5) is 22.2 Å². The van der Waals surface area contributed by atoms with Gasteiger partial charge in [-0.05, 0) is 35.3 Å². The van der Waals surface area contributed by atoms with Crippen LogP contribution in [-0.2, 0) is 22.5 Å². The van der Waals surface area contributed by atoms with Crippen molar-refractivity contribution in [3.63, 3.8) is 0 Å². The minimum Gasteiger partial charge on any atom is -0.444 e. The van der Waals surface area contributed by atoms with E-state index in [9.17, 15) is 14.6 Å². The zero-order valence-corrected chi connectivity index (χ0v) is 21.6. The fourth-order valence-electron chi connectivity index (χ4n) is 3.67. The molecule has 5 N–H and O–H groups in total. The van der Waals surface area contributed by atoms with Gasteiger partial charge < -0.3 is 30.4 Å². The van der Waals surface area contributed by atoms with Gasteiger partial charge in [0.15, 0.2) is 17.0 Å². The first-order valence-electron chi connectivity index (χ1n) is 11.8. The number of hydrogen-bond acceptors (Lipinski definition) is 11. The topological polar surface area (TPSA) is 178 Å². The van der Waals surface area contributed by atoms with Crippen LogP contribution in [0.25, 0.3) is 11.2 Å². The van der Waals surface area contributed by atoms with Crippen LogP contribution < -0.4 is 26.7 Å². The van der Waals surface area contributed by atoms with Gasteiger partial charge in [0.25, 0.3) is 5.91 Å². The van der Waals surface area contributed by atoms with Gasteiger partial charge in [-0.1, -0.05) is 24.3 Å². The Labute approximate surface area is 224 Å². The van der Waals surface area contributed by atoms with Crippen molar-refractivity contribution in [2.75, 3.05) is 37.2 Å². The Morgan fingerprint density at radius 2 is 1.79 bits per heavy atom. The Morgan fingerprint density at radius 1 is 1.08 bits per heavy atom. The lowest BCUT2D eigenvalue weighted by Crippen LogP contribution is -2.32. The monoisotopic (exact) mass is 530 g/mol. The number of nitrogens with zero attached hydrogens (tertiary/aromatic N) is 5. The molecule has 2 heterocycles. The van der Waals surface area contributed by atoms with Crippen molar-refractivity contribution in [2.24, 2.45) is 0 Å². The van der Waals surface area contributed by atoms with Gasteiger partial charge in [0, 0.05) is 32.5 Å². The second kappa shape index (κ2) is 12.2. The molecule has 0 saturated heterocycles. The minimum atomic E-state index is -1.03. The van der Waals surface area contributed by atoms with Crippen LogP contribution in [0.3, 0.4) is 0 Å². The summed E-state index contributed by atoms with van der Waals surface area (Å²) in [6.45, 7) is 0.360. The molecular formula is C25H27BN8O5. The van der Waals surface area contributed by atoms with E-state index >= 15 is 0 Å². The van der Waals surface area contributed by atoms with Crippen LogP contribution in [0.5, 0.6) is 0 Å². The number of nitrogens with two attached hydrogens (primary N) is 1. The van der Waals surface area contributed by atoms with E-state index in [1.807, 2.05) is 24.1 Å². The molecule has 0 aliphatic heterocycles. The van der Waals surface area contributed by atoms with Crippen LogP contribution in [0, 0.1) is 0 Å². The number of rotatable bonds is 9. The van der Waals surface area contributed by atoms with E-state index < -0.39 is 13.2 Å². The molecule has 13 nitrogen and oxygen atoms in total. The second-order valence-electron chi connectivity index (χ2n) is 8.48. The lowest BCUT2D eigenvalue weighted by molar-refractivity contribution is 0.0963. The van der Waals surface area contributed by atoms with Crippen LogP contribution in [-0.4, -0.2) is 65.3 Å². The Kier molecular flexibility index (Phi) is 8.48. The molecule has 2 amide bonds. The first kappa shape index (κ1) is 27.2. The van der Waals surface area contributed by atoms with Gasteiger partial charge in [-0.15, -0.1) is 0 Å². The summed E-state index contributed by atoms with van der Waals surface area (Å²) in [5, 5.41) is 14.9. The number of amides is 2. The summed E-state index contributed by atoms with van der Waals surface area (Å²) in [5.74, 6) is -0.185. The van der Waals surface area contributed by atoms with Gasteiger partial charge in [-0.25, -0.2) is 14.8 Å². The Morgan fingerprint density at radius 3 is 2.46 bits per heavy atom. The van der Waals surface area contributed by atoms with Crippen molar-refractivity contribution in [1.29, 1.82) is 0 Å². The van der Waals surface area contributed by atoms with Crippen molar-refractivity contribution in [2.45, 2.75) is 13.2 Å². The number of carbonyl (C=O) groups is 2. The summed E-state index contributed by atoms with van der Waals surface area (Å²) in [5.41, 5.74) is 9.56. The highest BCUT2D eigenvalue weighted by Gasteiger charge is 2.16. The van der Waals surface area contributed by atoms with E-state index in [0.717, 1.165) is 5.69 Å². The zero-order chi connectivity index (χ0) is 27.9. The summed E-state index contributed by atoms with van der Waals surface area (Å²) < 4.78 is 10.2. The van der Waals surface area contributed by atoms with Gasteiger partial charge in [0.1, 0.15) is 6.61 Å². The van der Waals surface area contributed by atoms with Crippen LogP contribution >= 0.6 is 0 Å². The van der Waals surface area contributed by atoms with E-state index in [-0.39, 0.29) is 35.4 Å². The molecule has 0 unspecified atom stereocenters. The average Bonchev–Trinajstić information content (AvgIpc) is 2.95. The summed E-state index contributed by atoms with van der Waals surface area (Å²) in [4.78, 5) is 43.4. The molecule has 0 radical (unpaired) electrons. The first-order valence-corrected chi connectivity index (χ1v) is 11.8. The summed E-state index contributed by atoms with van der Waals surface area (Å²) in [6.07, 6.45) is 0.798. The molecule has 4 rings (SSSR count). The number of aromatic nitrogens is 4. The molecule has 0 fully saturated rings. The van der Waals surface area contributed by atoms with Crippen LogP contribution in [0.2, 0.25) is 0 Å². The van der Waals surface area contributed by atoms with Crippen molar-refractivity contribution >= 4 is 53.2 Å². The number of nitrogens with one attached hydrogen (secondary N) is 2. The second-order valence-corrected chi connectivity index (χ2v) is 8.48. The summed E-state index contributed by atoms with van der Waals surface area (Å²) in [6, 6.07) is 13.9. The third kappa shape index (κ3) is 6.74. The smallest absolute Gasteiger partial charge is 0.444 e. The molecule has 14 heteroatoms. The van der Waals surface area contributed by atoms with E-state index in [4.69, 9.17) is 15.1 Å². The molecule has 0 saturated carbocycles. The minimum absolute atomic E-state index is 0.0197. The molecule has 200 valence electrons. The SMILES string of the molecule is CNC(=O)c1ccc(N(C)Cc2cnc3nc(N)nc(NC(=O)OCc4ccc(B(O)OC)cc4)c3n2)cc1. The van der Waals surface area contributed by atoms with Crippen LogP contribution in [0.1, 0.15) is 21.6 Å². The molecule has 2 aromatic carbocycles. The van der Waals surface area contributed by atoms with E-state index in [2.05, 4.69) is 30.6 Å². The number of anilines is 3. The maximum absolute atomic E-state index is 12.5. The van der Waals surface area contributed by atoms with Gasteiger partial charge >= 0.3 is 13.2 Å². The average molecular weight is 530 g/mol. The summed E-state index contributed by atoms with van der Waals surface area (Å²) in [7, 11) is 3.82. The summed E-state index contributed by atoms with van der Waals surface area (Å²) >= 11 is 0. The number of hydrogen-bond donors (Lipinski definition) is 4. The van der Waals surface area contributed by atoms with Crippen molar-refractivity contribution < 1.29 is 24.0 Å². The number of ether oxygens (including phenoxy) is 1. The Hall–Kier alpha value is -4.82. The predicted octanol–water partition coefficient (Wildman–Crippen LogP) is 1.08. The predicted molar refractivity (Wildman–Crippen MR) is 146 cm³/mol. The van der Waals surface area contributed by atoms with Gasteiger partial charge in [0.2, 0.25) is 5.95 Å². The highest BCUT2D eigenvalue weighted by molar-refractivity contribution is 6.59. The molecule has 2 aromatic heterocycles. The molecule has 0 bridgehead atoms. The molecule has 39 heavy (non-hydrogen) atoms. The standard InChI is InChI=1S/C25H27BN8O5/c1-28-23(35)16-6-10-19(11-7-16)34(2)13-18-12-29-21-20(30-18)22(32-24(27)31-21)33-25(36)39-14-15-4-8-17(9-5-15)26(37)38-3/h4-12,37H,13-14H2,1-3H3,(H,28,35)(H3,27,29,31,32,33,36). The fourth-order valence-corrected chi connectivity index (χ4v) is 3.67. The maximum atomic E-state index is 12.5. The largest absolute Gasteiger partial charge is 0.490 e. The third-order valence-corrected chi connectivity index (χ3v) is 5.75.